The molecule has 3 heteroatoms. The summed E-state index contributed by atoms with van der Waals surface area (Å²) in [6.07, 6.45) is 8.76. The van der Waals surface area contributed by atoms with Gasteiger partial charge in [0.2, 0.25) is 0 Å². The molecular weight excluding hydrogens is 214 g/mol. The Morgan fingerprint density at radius 1 is 1.47 bits per heavy atom. The summed E-state index contributed by atoms with van der Waals surface area (Å²) in [6.45, 7) is 8.14. The van der Waals surface area contributed by atoms with E-state index in [0.717, 1.165) is 6.42 Å². The van der Waals surface area contributed by atoms with Crippen molar-refractivity contribution in [2.75, 3.05) is 6.54 Å². The quantitative estimate of drug-likeness (QED) is 0.797. The van der Waals surface area contributed by atoms with Gasteiger partial charge in [-0.25, -0.2) is 4.79 Å². The van der Waals surface area contributed by atoms with Crippen LogP contribution in [0.25, 0.3) is 0 Å². The number of carbonyl (C=O) groups is 1. The van der Waals surface area contributed by atoms with Crippen LogP contribution in [0.3, 0.4) is 0 Å². The van der Waals surface area contributed by atoms with Gasteiger partial charge in [-0.15, -0.1) is 0 Å². The van der Waals surface area contributed by atoms with Crippen LogP contribution < -0.4 is 5.32 Å². The SMILES string of the molecule is CC1=CC=CCC(CNC(=O)OC(C)(C)C)=C1. The molecule has 0 atom stereocenters. The summed E-state index contributed by atoms with van der Waals surface area (Å²) >= 11 is 0. The zero-order valence-electron chi connectivity index (χ0n) is 11.0. The predicted molar refractivity (Wildman–Crippen MR) is 69.8 cm³/mol. The fourth-order valence-electron chi connectivity index (χ4n) is 1.49. The molecule has 1 aliphatic carbocycles. The number of rotatable bonds is 2. The second kappa shape index (κ2) is 5.71. The molecule has 1 aliphatic rings. The molecule has 1 amide bonds. The molecular formula is C14H21NO2. The van der Waals surface area contributed by atoms with Crippen LogP contribution in [-0.4, -0.2) is 18.2 Å². The summed E-state index contributed by atoms with van der Waals surface area (Å²) in [5.41, 5.74) is 1.93. The third-order valence-corrected chi connectivity index (χ3v) is 2.17. The molecule has 3 nitrogen and oxygen atoms in total. The summed E-state index contributed by atoms with van der Waals surface area (Å²) < 4.78 is 5.18. The lowest BCUT2D eigenvalue weighted by molar-refractivity contribution is 0.0532. The highest BCUT2D eigenvalue weighted by Crippen LogP contribution is 2.11. The number of hydrogen-bond acceptors (Lipinski definition) is 2. The Kier molecular flexibility index (Phi) is 4.55. The minimum Gasteiger partial charge on any atom is -0.444 e. The lowest BCUT2D eigenvalue weighted by Crippen LogP contribution is -2.33. The zero-order chi connectivity index (χ0) is 12.9. The van der Waals surface area contributed by atoms with Gasteiger partial charge in [-0.3, -0.25) is 0 Å². The highest BCUT2D eigenvalue weighted by molar-refractivity contribution is 5.68. The Hall–Kier alpha value is -1.51. The standard InChI is InChI=1S/C14H21NO2/c1-11-7-5-6-8-12(9-11)10-15-13(16)17-14(2,3)4/h5-7,9H,8,10H2,1-4H3,(H,15,16). The maximum absolute atomic E-state index is 11.5. The topological polar surface area (TPSA) is 38.3 Å². The van der Waals surface area contributed by atoms with Crippen molar-refractivity contribution in [1.29, 1.82) is 0 Å². The van der Waals surface area contributed by atoms with Gasteiger partial charge in [-0.05, 0) is 39.7 Å². The van der Waals surface area contributed by atoms with Crippen molar-refractivity contribution in [2.45, 2.75) is 39.7 Å². The van der Waals surface area contributed by atoms with Gasteiger partial charge in [0.25, 0.3) is 0 Å². The number of carbonyl (C=O) groups excluding carboxylic acids is 1. The van der Waals surface area contributed by atoms with Gasteiger partial charge in [0.1, 0.15) is 5.60 Å². The molecule has 1 N–H and O–H groups in total. The Morgan fingerprint density at radius 3 is 2.82 bits per heavy atom. The normalized spacial score (nSPS) is 15.8. The molecule has 0 fully saturated rings. The van der Waals surface area contributed by atoms with Crippen molar-refractivity contribution < 1.29 is 9.53 Å². The van der Waals surface area contributed by atoms with E-state index in [1.54, 1.807) is 0 Å². The van der Waals surface area contributed by atoms with Crippen molar-refractivity contribution in [3.63, 3.8) is 0 Å². The first kappa shape index (κ1) is 13.6. The second-order valence-corrected chi connectivity index (χ2v) is 5.20. The van der Waals surface area contributed by atoms with Crippen molar-refractivity contribution in [3.05, 3.63) is 35.5 Å². The summed E-state index contributed by atoms with van der Waals surface area (Å²) in [7, 11) is 0. The maximum Gasteiger partial charge on any atom is 0.407 e. The predicted octanol–water partition coefficient (Wildman–Crippen LogP) is 3.34. The lowest BCUT2D eigenvalue weighted by atomic mass is 10.1. The van der Waals surface area contributed by atoms with Crippen LogP contribution in [0.4, 0.5) is 4.79 Å². The summed E-state index contributed by atoms with van der Waals surface area (Å²) in [5, 5.41) is 2.77. The van der Waals surface area contributed by atoms with E-state index in [1.165, 1.54) is 11.1 Å². The zero-order valence-corrected chi connectivity index (χ0v) is 11.0. The molecule has 0 aromatic heterocycles. The average molecular weight is 235 g/mol. The van der Waals surface area contributed by atoms with Crippen LogP contribution in [-0.2, 0) is 4.74 Å². The van der Waals surface area contributed by atoms with E-state index in [4.69, 9.17) is 4.74 Å². The Balaban J connectivity index is 2.44. The number of nitrogens with one attached hydrogen (secondary N) is 1. The van der Waals surface area contributed by atoms with E-state index in [2.05, 4.69) is 23.5 Å². The van der Waals surface area contributed by atoms with Gasteiger partial charge >= 0.3 is 6.09 Å². The van der Waals surface area contributed by atoms with E-state index in [0.29, 0.717) is 6.54 Å². The Morgan fingerprint density at radius 2 is 2.18 bits per heavy atom. The molecule has 0 radical (unpaired) electrons. The third-order valence-electron chi connectivity index (χ3n) is 2.17. The van der Waals surface area contributed by atoms with Crippen molar-refractivity contribution >= 4 is 6.09 Å². The number of amides is 1. The molecule has 0 heterocycles. The fourth-order valence-corrected chi connectivity index (χ4v) is 1.49. The summed E-state index contributed by atoms with van der Waals surface area (Å²) in [5.74, 6) is 0. The Bertz CT molecular complexity index is 370. The van der Waals surface area contributed by atoms with Gasteiger partial charge in [0.05, 0.1) is 0 Å². The summed E-state index contributed by atoms with van der Waals surface area (Å²) in [6, 6.07) is 0. The van der Waals surface area contributed by atoms with Crippen LogP contribution >= 0.6 is 0 Å². The number of ether oxygens (including phenoxy) is 1. The van der Waals surface area contributed by atoms with E-state index in [1.807, 2.05) is 33.8 Å². The highest BCUT2D eigenvalue weighted by Gasteiger charge is 2.15. The van der Waals surface area contributed by atoms with Crippen LogP contribution in [0.5, 0.6) is 0 Å². The Labute approximate surface area is 103 Å². The van der Waals surface area contributed by atoms with E-state index in [-0.39, 0.29) is 6.09 Å². The molecule has 0 saturated heterocycles. The highest BCUT2D eigenvalue weighted by atomic mass is 16.6. The van der Waals surface area contributed by atoms with Gasteiger partial charge in [0, 0.05) is 6.54 Å². The molecule has 94 valence electrons. The minimum atomic E-state index is -0.447. The molecule has 0 aliphatic heterocycles. The molecule has 0 unspecified atom stereocenters. The van der Waals surface area contributed by atoms with E-state index in [9.17, 15) is 4.79 Å². The van der Waals surface area contributed by atoms with Gasteiger partial charge in [-0.1, -0.05) is 29.9 Å². The molecule has 17 heavy (non-hydrogen) atoms. The lowest BCUT2D eigenvalue weighted by Gasteiger charge is -2.20. The van der Waals surface area contributed by atoms with Crippen LogP contribution in [0.2, 0.25) is 0 Å². The molecule has 0 bridgehead atoms. The van der Waals surface area contributed by atoms with Crippen LogP contribution in [0.1, 0.15) is 34.1 Å². The average Bonchev–Trinajstić information content (AvgIpc) is 2.37. The smallest absolute Gasteiger partial charge is 0.407 e. The van der Waals surface area contributed by atoms with Crippen molar-refractivity contribution in [2.24, 2.45) is 0 Å². The summed E-state index contributed by atoms with van der Waals surface area (Å²) in [4.78, 5) is 11.5. The maximum atomic E-state index is 11.5. The molecule has 0 aromatic rings. The third kappa shape index (κ3) is 5.95. The van der Waals surface area contributed by atoms with Crippen molar-refractivity contribution in [3.8, 4) is 0 Å². The van der Waals surface area contributed by atoms with Crippen molar-refractivity contribution in [1.82, 2.24) is 5.32 Å². The van der Waals surface area contributed by atoms with E-state index >= 15 is 0 Å². The van der Waals surface area contributed by atoms with Gasteiger partial charge in [0.15, 0.2) is 0 Å². The number of hydrogen-bond donors (Lipinski definition) is 1. The first-order valence-electron chi connectivity index (χ1n) is 5.86. The number of alkyl carbamates (subject to hydrolysis) is 1. The first-order valence-corrected chi connectivity index (χ1v) is 5.86. The largest absolute Gasteiger partial charge is 0.444 e. The minimum absolute atomic E-state index is 0.367. The van der Waals surface area contributed by atoms with Gasteiger partial charge in [-0.2, -0.15) is 0 Å². The van der Waals surface area contributed by atoms with E-state index < -0.39 is 5.60 Å². The second-order valence-electron chi connectivity index (χ2n) is 5.20. The van der Waals surface area contributed by atoms with Crippen LogP contribution in [0.15, 0.2) is 35.5 Å². The van der Waals surface area contributed by atoms with Crippen LogP contribution in [0, 0.1) is 0 Å². The molecule has 0 spiro atoms. The van der Waals surface area contributed by atoms with Gasteiger partial charge < -0.3 is 10.1 Å². The monoisotopic (exact) mass is 235 g/mol. The molecule has 0 saturated carbocycles. The first-order chi connectivity index (χ1) is 7.87. The number of allylic oxidation sites excluding steroid dienone is 5. The molecule has 1 rings (SSSR count). The molecule has 0 aromatic carbocycles. The fraction of sp³-hybridized carbons (Fsp3) is 0.500.